The van der Waals surface area contributed by atoms with E-state index in [0.29, 0.717) is 12.6 Å². The van der Waals surface area contributed by atoms with Gasteiger partial charge in [-0.2, -0.15) is 0 Å². The number of rotatable bonds is 6. The summed E-state index contributed by atoms with van der Waals surface area (Å²) in [5.41, 5.74) is 0.224. The molecule has 2 aliphatic rings. The van der Waals surface area contributed by atoms with Gasteiger partial charge in [-0.15, -0.1) is 0 Å². The van der Waals surface area contributed by atoms with Crippen LogP contribution in [0.3, 0.4) is 0 Å². The molecule has 1 saturated carbocycles. The molecule has 1 aliphatic heterocycles. The second-order valence-corrected chi connectivity index (χ2v) is 6.23. The second kappa shape index (κ2) is 5.03. The molecule has 0 aromatic heterocycles. The van der Waals surface area contributed by atoms with Crippen molar-refractivity contribution in [2.24, 2.45) is 5.41 Å². The van der Waals surface area contributed by atoms with Gasteiger partial charge in [0, 0.05) is 38.3 Å². The SMILES string of the molecule is CC(C)(CCO)CNC1CCN(C2CC2)C1. The van der Waals surface area contributed by atoms with Crippen molar-refractivity contribution in [3.8, 4) is 0 Å². The molecule has 1 heterocycles. The standard InChI is InChI=1S/C13H26N2O/c1-13(2,6-8-16)10-14-11-5-7-15(9-11)12-3-4-12/h11-12,14,16H,3-10H2,1-2H3. The van der Waals surface area contributed by atoms with E-state index < -0.39 is 0 Å². The third-order valence-electron chi connectivity index (χ3n) is 3.94. The van der Waals surface area contributed by atoms with Crippen molar-refractivity contribution < 1.29 is 5.11 Å². The van der Waals surface area contributed by atoms with Crippen LogP contribution in [0.2, 0.25) is 0 Å². The number of aliphatic hydroxyl groups is 1. The van der Waals surface area contributed by atoms with E-state index in [2.05, 4.69) is 24.1 Å². The first-order valence-corrected chi connectivity index (χ1v) is 6.69. The summed E-state index contributed by atoms with van der Waals surface area (Å²) in [5.74, 6) is 0. The summed E-state index contributed by atoms with van der Waals surface area (Å²) < 4.78 is 0. The molecular weight excluding hydrogens is 200 g/mol. The summed E-state index contributed by atoms with van der Waals surface area (Å²) in [4.78, 5) is 2.64. The first-order chi connectivity index (χ1) is 7.61. The summed E-state index contributed by atoms with van der Waals surface area (Å²) in [6, 6.07) is 1.59. The predicted octanol–water partition coefficient (Wildman–Crippen LogP) is 1.22. The van der Waals surface area contributed by atoms with Gasteiger partial charge in [0.05, 0.1) is 0 Å². The Kier molecular flexibility index (Phi) is 3.88. The van der Waals surface area contributed by atoms with Crippen molar-refractivity contribution in [1.82, 2.24) is 10.2 Å². The average molecular weight is 226 g/mol. The zero-order valence-electron chi connectivity index (χ0n) is 10.7. The average Bonchev–Trinajstić information content (AvgIpc) is 2.95. The summed E-state index contributed by atoms with van der Waals surface area (Å²) in [5, 5.41) is 12.6. The highest BCUT2D eigenvalue weighted by atomic mass is 16.3. The maximum Gasteiger partial charge on any atom is 0.0436 e. The summed E-state index contributed by atoms with van der Waals surface area (Å²) in [7, 11) is 0. The largest absolute Gasteiger partial charge is 0.396 e. The fraction of sp³-hybridized carbons (Fsp3) is 1.00. The van der Waals surface area contributed by atoms with Crippen LogP contribution in [0.5, 0.6) is 0 Å². The van der Waals surface area contributed by atoms with Crippen molar-refractivity contribution in [2.45, 2.75) is 51.6 Å². The van der Waals surface area contributed by atoms with Crippen LogP contribution in [0.4, 0.5) is 0 Å². The van der Waals surface area contributed by atoms with Crippen molar-refractivity contribution >= 4 is 0 Å². The fourth-order valence-corrected chi connectivity index (χ4v) is 2.54. The maximum absolute atomic E-state index is 8.98. The molecule has 2 rings (SSSR count). The van der Waals surface area contributed by atoms with Gasteiger partial charge in [0.2, 0.25) is 0 Å². The van der Waals surface area contributed by atoms with E-state index >= 15 is 0 Å². The van der Waals surface area contributed by atoms with Gasteiger partial charge in [0.25, 0.3) is 0 Å². The van der Waals surface area contributed by atoms with Gasteiger partial charge < -0.3 is 10.4 Å². The molecule has 0 aromatic rings. The van der Waals surface area contributed by atoms with E-state index in [-0.39, 0.29) is 5.41 Å². The minimum Gasteiger partial charge on any atom is -0.396 e. The lowest BCUT2D eigenvalue weighted by atomic mass is 9.89. The van der Waals surface area contributed by atoms with Gasteiger partial charge in [-0.05, 0) is 31.1 Å². The van der Waals surface area contributed by atoms with Gasteiger partial charge in [0.15, 0.2) is 0 Å². The number of hydrogen-bond donors (Lipinski definition) is 2. The number of hydrogen-bond acceptors (Lipinski definition) is 3. The molecule has 3 heteroatoms. The van der Waals surface area contributed by atoms with Crippen LogP contribution >= 0.6 is 0 Å². The topological polar surface area (TPSA) is 35.5 Å². The number of aliphatic hydroxyl groups excluding tert-OH is 1. The first kappa shape index (κ1) is 12.3. The van der Waals surface area contributed by atoms with Crippen LogP contribution in [0.15, 0.2) is 0 Å². The molecule has 2 fully saturated rings. The third kappa shape index (κ3) is 3.44. The first-order valence-electron chi connectivity index (χ1n) is 6.69. The summed E-state index contributed by atoms with van der Waals surface area (Å²) in [6.07, 6.45) is 5.02. The molecule has 1 atom stereocenters. The number of nitrogens with one attached hydrogen (secondary N) is 1. The van der Waals surface area contributed by atoms with E-state index in [4.69, 9.17) is 5.11 Å². The minimum atomic E-state index is 0.224. The number of nitrogens with zero attached hydrogens (tertiary/aromatic N) is 1. The second-order valence-electron chi connectivity index (χ2n) is 6.23. The van der Waals surface area contributed by atoms with Gasteiger partial charge in [-0.1, -0.05) is 13.8 Å². The zero-order chi connectivity index (χ0) is 11.6. The Labute approximate surface area is 99.2 Å². The maximum atomic E-state index is 8.98. The minimum absolute atomic E-state index is 0.224. The van der Waals surface area contributed by atoms with Crippen molar-refractivity contribution in [3.05, 3.63) is 0 Å². The van der Waals surface area contributed by atoms with Gasteiger partial charge in [-0.3, -0.25) is 4.90 Å². The Morgan fingerprint density at radius 3 is 2.69 bits per heavy atom. The van der Waals surface area contributed by atoms with Gasteiger partial charge in [-0.25, -0.2) is 0 Å². The highest BCUT2D eigenvalue weighted by Gasteiger charge is 2.34. The molecule has 0 radical (unpaired) electrons. The van der Waals surface area contributed by atoms with E-state index in [1.807, 2.05) is 0 Å². The van der Waals surface area contributed by atoms with Crippen molar-refractivity contribution in [2.75, 3.05) is 26.2 Å². The molecule has 0 aromatic carbocycles. The van der Waals surface area contributed by atoms with Gasteiger partial charge >= 0.3 is 0 Å². The molecule has 0 spiro atoms. The Morgan fingerprint density at radius 2 is 2.06 bits per heavy atom. The lowest BCUT2D eigenvalue weighted by Crippen LogP contribution is -2.39. The van der Waals surface area contributed by atoms with Crippen molar-refractivity contribution in [1.29, 1.82) is 0 Å². The van der Waals surface area contributed by atoms with Crippen LogP contribution < -0.4 is 5.32 Å². The van der Waals surface area contributed by atoms with E-state index in [1.165, 1.54) is 32.4 Å². The van der Waals surface area contributed by atoms with Gasteiger partial charge in [0.1, 0.15) is 0 Å². The molecular formula is C13H26N2O. The smallest absolute Gasteiger partial charge is 0.0436 e. The molecule has 3 nitrogen and oxygen atoms in total. The molecule has 0 amide bonds. The molecule has 1 aliphatic carbocycles. The Balaban J connectivity index is 1.66. The third-order valence-corrected chi connectivity index (χ3v) is 3.94. The van der Waals surface area contributed by atoms with E-state index in [0.717, 1.165) is 19.0 Å². The summed E-state index contributed by atoms with van der Waals surface area (Å²) in [6.45, 7) is 8.29. The fourth-order valence-electron chi connectivity index (χ4n) is 2.54. The Hall–Kier alpha value is -0.120. The molecule has 0 bridgehead atoms. The van der Waals surface area contributed by atoms with Crippen LogP contribution in [0.25, 0.3) is 0 Å². The molecule has 1 saturated heterocycles. The lowest BCUT2D eigenvalue weighted by Gasteiger charge is -2.26. The van der Waals surface area contributed by atoms with Crippen LogP contribution in [0, 0.1) is 5.41 Å². The summed E-state index contributed by atoms with van der Waals surface area (Å²) >= 11 is 0. The normalized spacial score (nSPS) is 27.6. The lowest BCUT2D eigenvalue weighted by molar-refractivity contribution is 0.202. The quantitative estimate of drug-likeness (QED) is 0.715. The monoisotopic (exact) mass is 226 g/mol. The molecule has 1 unspecified atom stereocenters. The highest BCUT2D eigenvalue weighted by Crippen LogP contribution is 2.30. The Bertz CT molecular complexity index is 226. The number of likely N-dealkylation sites (tertiary alicyclic amines) is 1. The van der Waals surface area contributed by atoms with Crippen LogP contribution in [-0.2, 0) is 0 Å². The zero-order valence-corrected chi connectivity index (χ0v) is 10.7. The predicted molar refractivity (Wildman–Crippen MR) is 66.5 cm³/mol. The van der Waals surface area contributed by atoms with Crippen molar-refractivity contribution in [3.63, 3.8) is 0 Å². The Morgan fingerprint density at radius 1 is 1.31 bits per heavy atom. The highest BCUT2D eigenvalue weighted by molar-refractivity contribution is 4.92. The van der Waals surface area contributed by atoms with Crippen LogP contribution in [0.1, 0.15) is 39.5 Å². The van der Waals surface area contributed by atoms with E-state index in [9.17, 15) is 0 Å². The molecule has 16 heavy (non-hydrogen) atoms. The van der Waals surface area contributed by atoms with Crippen LogP contribution in [-0.4, -0.2) is 48.3 Å². The molecule has 94 valence electrons. The molecule has 2 N–H and O–H groups in total. The van der Waals surface area contributed by atoms with E-state index in [1.54, 1.807) is 0 Å².